The van der Waals surface area contributed by atoms with Gasteiger partial charge in [-0.25, -0.2) is 9.97 Å². The Morgan fingerprint density at radius 3 is 1.66 bits per heavy atom. The molecule has 11 aromatic rings. The molecular weight excluding hydrogens is 643 g/mol. The molecule has 0 unspecified atom stereocenters. The first-order valence-corrected chi connectivity index (χ1v) is 18.1. The third-order valence-electron chi connectivity index (χ3n) is 10.8. The van der Waals surface area contributed by atoms with E-state index in [0.29, 0.717) is 5.82 Å². The Hall–Kier alpha value is -7.10. The summed E-state index contributed by atoms with van der Waals surface area (Å²) in [7, 11) is 0. The van der Waals surface area contributed by atoms with Crippen LogP contribution in [-0.4, -0.2) is 14.5 Å². The van der Waals surface area contributed by atoms with Crippen LogP contribution in [0.2, 0.25) is 0 Å². The zero-order chi connectivity index (χ0) is 34.9. The number of rotatable bonds is 4. The summed E-state index contributed by atoms with van der Waals surface area (Å²) in [5.74, 6) is 0.709. The normalized spacial score (nSPS) is 11.8. The summed E-state index contributed by atoms with van der Waals surface area (Å²) >= 11 is 0. The highest BCUT2D eigenvalue weighted by Crippen LogP contribution is 2.42. The van der Waals surface area contributed by atoms with Gasteiger partial charge < -0.3 is 4.57 Å². The van der Waals surface area contributed by atoms with Crippen molar-refractivity contribution in [3.8, 4) is 39.6 Å². The second-order valence-electron chi connectivity index (χ2n) is 13.7. The third-order valence-corrected chi connectivity index (χ3v) is 10.8. The van der Waals surface area contributed by atoms with Crippen LogP contribution in [-0.2, 0) is 0 Å². The van der Waals surface area contributed by atoms with E-state index in [0.717, 1.165) is 44.5 Å². The van der Waals surface area contributed by atoms with Gasteiger partial charge in [-0.05, 0) is 68.0 Å². The second-order valence-corrected chi connectivity index (χ2v) is 13.7. The molecule has 2 heterocycles. The predicted molar refractivity (Wildman–Crippen MR) is 223 cm³/mol. The smallest absolute Gasteiger partial charge is 0.161 e. The van der Waals surface area contributed by atoms with Crippen LogP contribution in [0.15, 0.2) is 188 Å². The molecule has 0 spiro atoms. The predicted octanol–water partition coefficient (Wildman–Crippen LogP) is 13.2. The van der Waals surface area contributed by atoms with Crippen LogP contribution in [0.3, 0.4) is 0 Å². The summed E-state index contributed by atoms with van der Waals surface area (Å²) in [5, 5.41) is 12.4. The molecular formula is C50H31N3. The van der Waals surface area contributed by atoms with E-state index in [2.05, 4.69) is 180 Å². The average molecular weight is 674 g/mol. The van der Waals surface area contributed by atoms with Gasteiger partial charge in [-0.2, -0.15) is 0 Å². The fourth-order valence-electron chi connectivity index (χ4n) is 8.39. The molecule has 0 atom stereocenters. The van der Waals surface area contributed by atoms with Gasteiger partial charge in [-0.15, -0.1) is 0 Å². The van der Waals surface area contributed by atoms with Crippen LogP contribution in [0.1, 0.15) is 0 Å². The fourth-order valence-corrected chi connectivity index (χ4v) is 8.39. The monoisotopic (exact) mass is 673 g/mol. The number of aromatic nitrogens is 3. The number of para-hydroxylation sites is 1. The Morgan fingerprint density at radius 1 is 0.340 bits per heavy atom. The molecule has 0 aliphatic carbocycles. The Balaban J connectivity index is 1.17. The fraction of sp³-hybridized carbons (Fsp3) is 0. The Morgan fingerprint density at radius 2 is 0.906 bits per heavy atom. The van der Waals surface area contributed by atoms with Crippen LogP contribution in [0.4, 0.5) is 0 Å². The van der Waals surface area contributed by atoms with Crippen LogP contribution in [0, 0.1) is 0 Å². The first kappa shape index (κ1) is 29.6. The van der Waals surface area contributed by atoms with Crippen molar-refractivity contribution in [2.45, 2.75) is 0 Å². The molecule has 0 aliphatic heterocycles. The molecule has 3 heteroatoms. The Kier molecular flexibility index (Phi) is 6.55. The van der Waals surface area contributed by atoms with Gasteiger partial charge in [-0.1, -0.05) is 158 Å². The van der Waals surface area contributed by atoms with Crippen molar-refractivity contribution >= 4 is 64.9 Å². The summed E-state index contributed by atoms with van der Waals surface area (Å²) in [4.78, 5) is 10.4. The van der Waals surface area contributed by atoms with E-state index in [1.54, 1.807) is 0 Å². The lowest BCUT2D eigenvalue weighted by Crippen LogP contribution is -1.99. The molecule has 2 aromatic heterocycles. The van der Waals surface area contributed by atoms with Crippen LogP contribution in [0.25, 0.3) is 104 Å². The minimum Gasteiger partial charge on any atom is -0.309 e. The van der Waals surface area contributed by atoms with Gasteiger partial charge in [0.05, 0.1) is 28.1 Å². The molecule has 0 saturated heterocycles. The summed E-state index contributed by atoms with van der Waals surface area (Å²) in [5.41, 5.74) is 8.42. The molecule has 53 heavy (non-hydrogen) atoms. The van der Waals surface area contributed by atoms with Gasteiger partial charge in [0.15, 0.2) is 5.82 Å². The molecule has 0 radical (unpaired) electrons. The van der Waals surface area contributed by atoms with Crippen molar-refractivity contribution < 1.29 is 0 Å². The SMILES string of the molecule is c1ccc(-c2cc(-c3ccccc3)nc(-c3ccc(-n4c5ccccc5c5c6ccc7ccc8ccccc8c7c6ccc54)c4ccccc34)n2)cc1. The van der Waals surface area contributed by atoms with Gasteiger partial charge in [0, 0.05) is 32.8 Å². The van der Waals surface area contributed by atoms with Crippen molar-refractivity contribution in [3.05, 3.63) is 188 Å². The zero-order valence-electron chi connectivity index (χ0n) is 28.7. The standard InChI is InChI=1S/C50H31N3/c1-3-14-33(15-4-1)43-31-44(34-16-5-2-6-17-34)52-50(51-43)41-28-29-46(38-20-10-9-19-37(38)41)53-45-22-12-11-21-42(45)49-40-26-25-35-24-23-32-13-7-8-18-36(32)48(35)39(40)27-30-47(49)53/h1-31H. The van der Waals surface area contributed by atoms with E-state index in [4.69, 9.17) is 9.97 Å². The van der Waals surface area contributed by atoms with Gasteiger partial charge >= 0.3 is 0 Å². The zero-order valence-corrected chi connectivity index (χ0v) is 28.7. The maximum absolute atomic E-state index is 5.20. The average Bonchev–Trinajstić information content (AvgIpc) is 3.58. The molecule has 9 aromatic carbocycles. The lowest BCUT2D eigenvalue weighted by molar-refractivity contribution is 1.18. The van der Waals surface area contributed by atoms with Gasteiger partial charge in [-0.3, -0.25) is 0 Å². The molecule has 0 N–H and O–H groups in total. The summed E-state index contributed by atoms with van der Waals surface area (Å²) in [6.45, 7) is 0. The molecule has 246 valence electrons. The van der Waals surface area contributed by atoms with E-state index >= 15 is 0 Å². The van der Waals surface area contributed by atoms with Gasteiger partial charge in [0.25, 0.3) is 0 Å². The number of hydrogen-bond acceptors (Lipinski definition) is 2. The highest BCUT2D eigenvalue weighted by Gasteiger charge is 2.20. The first-order chi connectivity index (χ1) is 26.3. The third kappa shape index (κ3) is 4.61. The quantitative estimate of drug-likeness (QED) is 0.174. The highest BCUT2D eigenvalue weighted by molar-refractivity contribution is 6.29. The maximum Gasteiger partial charge on any atom is 0.161 e. The maximum atomic E-state index is 5.20. The topological polar surface area (TPSA) is 30.7 Å². The Bertz CT molecular complexity index is 3160. The minimum atomic E-state index is 0.709. The number of benzene rings is 9. The molecule has 0 bridgehead atoms. The molecule has 0 amide bonds. The van der Waals surface area contributed by atoms with Crippen molar-refractivity contribution in [2.75, 3.05) is 0 Å². The summed E-state index contributed by atoms with van der Waals surface area (Å²) in [6, 6.07) is 67.3. The van der Waals surface area contributed by atoms with E-state index in [1.807, 2.05) is 12.1 Å². The van der Waals surface area contributed by atoms with Crippen molar-refractivity contribution in [1.82, 2.24) is 14.5 Å². The van der Waals surface area contributed by atoms with Crippen molar-refractivity contribution in [2.24, 2.45) is 0 Å². The van der Waals surface area contributed by atoms with E-state index in [9.17, 15) is 0 Å². The van der Waals surface area contributed by atoms with Gasteiger partial charge in [0.2, 0.25) is 0 Å². The summed E-state index contributed by atoms with van der Waals surface area (Å²) in [6.07, 6.45) is 0. The van der Waals surface area contributed by atoms with E-state index < -0.39 is 0 Å². The number of nitrogens with zero attached hydrogens (tertiary/aromatic N) is 3. The second kappa shape index (κ2) is 11.7. The molecule has 0 saturated carbocycles. The van der Waals surface area contributed by atoms with E-state index in [-0.39, 0.29) is 0 Å². The Labute approximate surface area is 306 Å². The molecule has 0 fully saturated rings. The van der Waals surface area contributed by atoms with Crippen LogP contribution >= 0.6 is 0 Å². The van der Waals surface area contributed by atoms with Crippen LogP contribution in [0.5, 0.6) is 0 Å². The van der Waals surface area contributed by atoms with Gasteiger partial charge in [0.1, 0.15) is 0 Å². The molecule has 0 aliphatic rings. The number of hydrogen-bond donors (Lipinski definition) is 0. The lowest BCUT2D eigenvalue weighted by Gasteiger charge is -2.16. The summed E-state index contributed by atoms with van der Waals surface area (Å²) < 4.78 is 2.44. The number of fused-ring (bicyclic) bond motifs is 10. The highest BCUT2D eigenvalue weighted by atomic mass is 15.0. The lowest BCUT2D eigenvalue weighted by atomic mass is 9.94. The van der Waals surface area contributed by atoms with Crippen molar-refractivity contribution in [1.29, 1.82) is 0 Å². The van der Waals surface area contributed by atoms with Crippen molar-refractivity contribution in [3.63, 3.8) is 0 Å². The molecule has 11 rings (SSSR count). The first-order valence-electron chi connectivity index (χ1n) is 18.1. The molecule has 3 nitrogen and oxygen atoms in total. The van der Waals surface area contributed by atoms with Crippen LogP contribution < -0.4 is 0 Å². The van der Waals surface area contributed by atoms with E-state index in [1.165, 1.54) is 54.1 Å². The largest absolute Gasteiger partial charge is 0.309 e. The minimum absolute atomic E-state index is 0.709.